The lowest BCUT2D eigenvalue weighted by atomic mass is 10.00. The minimum absolute atomic E-state index is 0.115. The van der Waals surface area contributed by atoms with Gasteiger partial charge in [0.05, 0.1) is 5.92 Å². The molecule has 0 saturated heterocycles. The number of primary amides is 1. The van der Waals surface area contributed by atoms with Gasteiger partial charge in [-0.3, -0.25) is 14.5 Å². The average Bonchev–Trinajstić information content (AvgIpc) is 3.36. The van der Waals surface area contributed by atoms with E-state index in [1.54, 1.807) is 11.9 Å². The van der Waals surface area contributed by atoms with Crippen LogP contribution in [-0.4, -0.2) is 47.3 Å². The highest BCUT2D eigenvalue weighted by Gasteiger charge is 2.37. The van der Waals surface area contributed by atoms with Gasteiger partial charge in [0, 0.05) is 13.1 Å². The molecule has 6 nitrogen and oxygen atoms in total. The predicted octanol–water partition coefficient (Wildman–Crippen LogP) is 1.88. The zero-order chi connectivity index (χ0) is 18.1. The van der Waals surface area contributed by atoms with Crippen LogP contribution in [0.5, 0.6) is 0 Å². The molecule has 0 bridgehead atoms. The van der Waals surface area contributed by atoms with E-state index in [4.69, 9.17) is 5.73 Å². The van der Waals surface area contributed by atoms with Crippen LogP contribution in [0.15, 0.2) is 24.3 Å². The second kappa shape index (κ2) is 6.86. The summed E-state index contributed by atoms with van der Waals surface area (Å²) in [5, 5.41) is 0. The van der Waals surface area contributed by atoms with Crippen LogP contribution >= 0.6 is 0 Å². The molecule has 0 radical (unpaired) electrons. The third-order valence-electron chi connectivity index (χ3n) is 5.56. The van der Waals surface area contributed by atoms with Crippen molar-refractivity contribution in [1.82, 2.24) is 9.80 Å². The van der Waals surface area contributed by atoms with Crippen molar-refractivity contribution >= 4 is 17.8 Å². The van der Waals surface area contributed by atoms with Crippen molar-refractivity contribution in [1.29, 1.82) is 0 Å². The topological polar surface area (TPSA) is 83.7 Å². The van der Waals surface area contributed by atoms with Gasteiger partial charge in [0.2, 0.25) is 11.8 Å². The summed E-state index contributed by atoms with van der Waals surface area (Å²) in [4.78, 5) is 39.8. The van der Waals surface area contributed by atoms with Gasteiger partial charge < -0.3 is 10.6 Å². The van der Waals surface area contributed by atoms with E-state index >= 15 is 0 Å². The summed E-state index contributed by atoms with van der Waals surface area (Å²) in [7, 11) is 1.72. The van der Waals surface area contributed by atoms with Crippen LogP contribution in [-0.2, 0) is 16.0 Å². The van der Waals surface area contributed by atoms with Crippen molar-refractivity contribution in [2.75, 3.05) is 13.6 Å². The lowest BCUT2D eigenvalue weighted by Gasteiger charge is -2.28. The lowest BCUT2D eigenvalue weighted by molar-refractivity contribution is -0.139. The number of amides is 4. The second-order valence-corrected chi connectivity index (χ2v) is 7.14. The summed E-state index contributed by atoms with van der Waals surface area (Å²) >= 11 is 0. The van der Waals surface area contributed by atoms with Gasteiger partial charge in [0.25, 0.3) is 0 Å². The van der Waals surface area contributed by atoms with E-state index in [0.29, 0.717) is 12.3 Å². The summed E-state index contributed by atoms with van der Waals surface area (Å²) in [5.41, 5.74) is 7.47. The number of rotatable bonds is 5. The van der Waals surface area contributed by atoms with E-state index < -0.39 is 11.9 Å². The normalized spacial score (nSPS) is 19.8. The van der Waals surface area contributed by atoms with E-state index in [2.05, 4.69) is 0 Å². The molecule has 0 spiro atoms. The Kier molecular flexibility index (Phi) is 4.79. The smallest absolute Gasteiger partial charge is 0.321 e. The Morgan fingerprint density at radius 1 is 1.20 bits per heavy atom. The fraction of sp³-hybridized carbons (Fsp3) is 0.526. The average molecular weight is 343 g/mol. The minimum Gasteiger partial charge on any atom is -0.351 e. The molecule has 134 valence electrons. The summed E-state index contributed by atoms with van der Waals surface area (Å²) in [6, 6.07) is 6.98. The van der Waals surface area contributed by atoms with Crippen LogP contribution in [0.25, 0.3) is 0 Å². The van der Waals surface area contributed by atoms with Crippen molar-refractivity contribution in [2.24, 2.45) is 11.7 Å². The van der Waals surface area contributed by atoms with Gasteiger partial charge >= 0.3 is 6.03 Å². The Balaban J connectivity index is 1.72. The zero-order valence-corrected chi connectivity index (χ0v) is 14.8. The van der Waals surface area contributed by atoms with Crippen molar-refractivity contribution in [2.45, 2.75) is 44.6 Å². The van der Waals surface area contributed by atoms with Crippen molar-refractivity contribution in [3.8, 4) is 0 Å². The molecule has 1 fully saturated rings. The lowest BCUT2D eigenvalue weighted by Crippen LogP contribution is -2.50. The molecule has 2 atom stereocenters. The van der Waals surface area contributed by atoms with E-state index in [0.717, 1.165) is 35.3 Å². The number of nitrogens with two attached hydrogens (primary N) is 1. The van der Waals surface area contributed by atoms with Crippen molar-refractivity contribution in [3.63, 3.8) is 0 Å². The molecule has 2 aliphatic rings. The number of carbonyl (C=O) groups is 3. The van der Waals surface area contributed by atoms with Crippen LogP contribution in [0, 0.1) is 5.92 Å². The first-order valence-electron chi connectivity index (χ1n) is 8.84. The number of urea groups is 1. The summed E-state index contributed by atoms with van der Waals surface area (Å²) in [6.07, 6.45) is 3.68. The van der Waals surface area contributed by atoms with Gasteiger partial charge in [-0.25, -0.2) is 4.79 Å². The van der Waals surface area contributed by atoms with Crippen LogP contribution in [0.4, 0.5) is 4.79 Å². The van der Waals surface area contributed by atoms with Crippen LogP contribution in [0.1, 0.15) is 43.2 Å². The Labute approximate surface area is 148 Å². The van der Waals surface area contributed by atoms with Crippen LogP contribution < -0.4 is 5.73 Å². The quantitative estimate of drug-likeness (QED) is 0.886. The second-order valence-electron chi connectivity index (χ2n) is 7.14. The number of benzene rings is 1. The van der Waals surface area contributed by atoms with Crippen molar-refractivity contribution < 1.29 is 14.4 Å². The fourth-order valence-electron chi connectivity index (χ4n) is 3.63. The molecule has 6 heteroatoms. The summed E-state index contributed by atoms with van der Waals surface area (Å²) in [5.74, 6) is -0.507. The first kappa shape index (κ1) is 17.5. The number of hydrogen-bond acceptors (Lipinski definition) is 3. The third-order valence-corrected chi connectivity index (χ3v) is 5.56. The molecule has 0 aromatic heterocycles. The number of imide groups is 1. The Morgan fingerprint density at radius 3 is 2.52 bits per heavy atom. The summed E-state index contributed by atoms with van der Waals surface area (Å²) < 4.78 is 0. The molecule has 2 unspecified atom stereocenters. The van der Waals surface area contributed by atoms with Crippen LogP contribution in [0.3, 0.4) is 0 Å². The molecule has 3 rings (SSSR count). The molecule has 25 heavy (non-hydrogen) atoms. The SMILES string of the molecule is CC(C1CC1)N(C)C(=O)CN(C(N)=O)C(=O)C1CCc2ccccc21. The monoisotopic (exact) mass is 343 g/mol. The largest absolute Gasteiger partial charge is 0.351 e. The molecule has 4 amide bonds. The molecule has 1 aromatic rings. The van der Waals surface area contributed by atoms with E-state index in [9.17, 15) is 14.4 Å². The highest BCUT2D eigenvalue weighted by atomic mass is 16.2. The number of aryl methyl sites for hydroxylation is 1. The number of fused-ring (bicyclic) bond motifs is 1. The van der Waals surface area contributed by atoms with Gasteiger partial charge in [-0.2, -0.15) is 0 Å². The van der Waals surface area contributed by atoms with Gasteiger partial charge in [0.15, 0.2) is 0 Å². The molecule has 2 aliphatic carbocycles. The first-order chi connectivity index (χ1) is 11.9. The molecule has 1 saturated carbocycles. The standard InChI is InChI=1S/C19H25N3O3/c1-12(13-7-8-13)21(2)17(23)11-22(19(20)25)18(24)16-10-9-14-5-3-4-6-15(14)16/h3-6,12-13,16H,7-11H2,1-2H3,(H2,20,25). The maximum absolute atomic E-state index is 12.9. The van der Waals surface area contributed by atoms with E-state index in [1.807, 2.05) is 31.2 Å². The highest BCUT2D eigenvalue weighted by Crippen LogP contribution is 2.35. The first-order valence-corrected chi connectivity index (χ1v) is 8.84. The summed E-state index contributed by atoms with van der Waals surface area (Å²) in [6.45, 7) is 1.71. The molecular weight excluding hydrogens is 318 g/mol. The molecule has 0 heterocycles. The van der Waals surface area contributed by atoms with Gasteiger partial charge in [0.1, 0.15) is 6.54 Å². The van der Waals surface area contributed by atoms with Gasteiger partial charge in [-0.15, -0.1) is 0 Å². The van der Waals surface area contributed by atoms with E-state index in [1.165, 1.54) is 0 Å². The minimum atomic E-state index is -0.866. The maximum Gasteiger partial charge on any atom is 0.321 e. The number of carbonyl (C=O) groups excluding carboxylic acids is 3. The Hall–Kier alpha value is -2.37. The fourth-order valence-corrected chi connectivity index (χ4v) is 3.63. The Bertz CT molecular complexity index is 699. The van der Waals surface area contributed by atoms with Gasteiger partial charge in [-0.1, -0.05) is 24.3 Å². The molecule has 2 N–H and O–H groups in total. The zero-order valence-electron chi connectivity index (χ0n) is 14.8. The van der Waals surface area contributed by atoms with Gasteiger partial charge in [-0.05, 0) is 49.7 Å². The van der Waals surface area contributed by atoms with E-state index in [-0.39, 0.29) is 24.4 Å². The van der Waals surface area contributed by atoms with Crippen LogP contribution in [0.2, 0.25) is 0 Å². The molecular formula is C19H25N3O3. The molecule has 0 aliphatic heterocycles. The third kappa shape index (κ3) is 3.52. The van der Waals surface area contributed by atoms with Crippen molar-refractivity contribution in [3.05, 3.63) is 35.4 Å². The maximum atomic E-state index is 12.9. The number of likely N-dealkylation sites (N-methyl/N-ethyl adjacent to an activating group) is 1. The number of nitrogens with zero attached hydrogens (tertiary/aromatic N) is 2. The Morgan fingerprint density at radius 2 is 1.88 bits per heavy atom. The predicted molar refractivity (Wildman–Crippen MR) is 93.8 cm³/mol. The molecule has 1 aromatic carbocycles. The highest BCUT2D eigenvalue weighted by molar-refractivity contribution is 6.00. The number of hydrogen-bond donors (Lipinski definition) is 1.